The lowest BCUT2D eigenvalue weighted by Gasteiger charge is -2.17. The summed E-state index contributed by atoms with van der Waals surface area (Å²) in [7, 11) is 0. The molecule has 26 heavy (non-hydrogen) atoms. The van der Waals surface area contributed by atoms with Crippen LogP contribution in [0.2, 0.25) is 0 Å². The lowest BCUT2D eigenvalue weighted by atomic mass is 9.96. The first-order chi connectivity index (χ1) is 11.9. The van der Waals surface area contributed by atoms with Crippen LogP contribution in [0.5, 0.6) is 11.5 Å². The van der Waals surface area contributed by atoms with Gasteiger partial charge in [0.05, 0.1) is 5.56 Å². The molecule has 0 saturated heterocycles. The summed E-state index contributed by atoms with van der Waals surface area (Å²) in [5, 5.41) is 0. The number of ether oxygens (including phenoxy) is 2. The van der Waals surface area contributed by atoms with Crippen molar-refractivity contribution in [2.75, 3.05) is 13.3 Å². The van der Waals surface area contributed by atoms with E-state index < -0.39 is 11.7 Å². The monoisotopic (exact) mass is 383 g/mol. The van der Waals surface area contributed by atoms with Gasteiger partial charge in [0.2, 0.25) is 6.79 Å². The third-order valence-electron chi connectivity index (χ3n) is 4.77. The van der Waals surface area contributed by atoms with Crippen LogP contribution >= 0.6 is 0 Å². The maximum atomic E-state index is 12.7. The predicted octanol–water partition coefficient (Wildman–Crippen LogP) is 1.02. The number of hydrogen-bond acceptors (Lipinski definition) is 2. The summed E-state index contributed by atoms with van der Waals surface area (Å²) < 4.78 is 51.1. The molecule has 0 fully saturated rings. The Balaban J connectivity index is 0.00000196. The van der Waals surface area contributed by atoms with E-state index in [-0.39, 0.29) is 19.2 Å². The molecular formula is C19H17ClF3NO2. The molecule has 4 rings (SSSR count). The zero-order chi connectivity index (χ0) is 17.6. The van der Waals surface area contributed by atoms with Gasteiger partial charge >= 0.3 is 6.18 Å². The lowest BCUT2D eigenvalue weighted by molar-refractivity contribution is -0.545. The minimum atomic E-state index is -4.30. The van der Waals surface area contributed by atoms with Crippen LogP contribution in [0.1, 0.15) is 29.2 Å². The van der Waals surface area contributed by atoms with Crippen LogP contribution in [0.4, 0.5) is 13.2 Å². The Kier molecular flexibility index (Phi) is 4.88. The van der Waals surface area contributed by atoms with E-state index in [1.54, 1.807) is 12.1 Å². The van der Waals surface area contributed by atoms with Gasteiger partial charge < -0.3 is 21.9 Å². The highest BCUT2D eigenvalue weighted by Crippen LogP contribution is 2.36. The molecule has 138 valence electrons. The standard InChI is InChI=1S/C19H17F3NO2.ClH/c1-12-16-9-18-17(24-11-25-18)8-14(16)6-7-23(12)10-13-2-4-15(5-3-13)19(20,21)22;/h2-5,8-9H,6-7,10-11H2,1H3;1H/q+1;/p-1. The van der Waals surface area contributed by atoms with Gasteiger partial charge in [0.25, 0.3) is 0 Å². The highest BCUT2D eigenvalue weighted by atomic mass is 35.5. The Morgan fingerprint density at radius 3 is 2.35 bits per heavy atom. The topological polar surface area (TPSA) is 21.5 Å². The van der Waals surface area contributed by atoms with Gasteiger partial charge in [-0.15, -0.1) is 0 Å². The summed E-state index contributed by atoms with van der Waals surface area (Å²) in [6.07, 6.45) is -3.43. The number of fused-ring (bicyclic) bond motifs is 2. The molecule has 0 amide bonds. The number of halogens is 4. The quantitative estimate of drug-likeness (QED) is 0.722. The second kappa shape index (κ2) is 6.83. The van der Waals surface area contributed by atoms with Crippen molar-refractivity contribution in [3.63, 3.8) is 0 Å². The first kappa shape index (κ1) is 18.6. The highest BCUT2D eigenvalue weighted by Gasteiger charge is 2.30. The summed E-state index contributed by atoms with van der Waals surface area (Å²) >= 11 is 0. The average molecular weight is 384 g/mol. The van der Waals surface area contributed by atoms with Gasteiger partial charge in [-0.25, -0.2) is 4.58 Å². The summed E-state index contributed by atoms with van der Waals surface area (Å²) in [5.41, 5.74) is 3.66. The molecule has 2 aromatic rings. The van der Waals surface area contributed by atoms with E-state index in [1.165, 1.54) is 5.56 Å². The minimum absolute atomic E-state index is 0. The second-order valence-electron chi connectivity index (χ2n) is 6.31. The molecule has 0 aliphatic carbocycles. The first-order valence-corrected chi connectivity index (χ1v) is 8.09. The van der Waals surface area contributed by atoms with Crippen molar-refractivity contribution in [2.45, 2.75) is 26.1 Å². The van der Waals surface area contributed by atoms with Gasteiger partial charge in [-0.1, -0.05) is 12.1 Å². The van der Waals surface area contributed by atoms with Crippen molar-refractivity contribution in [1.82, 2.24) is 0 Å². The first-order valence-electron chi connectivity index (χ1n) is 8.09. The van der Waals surface area contributed by atoms with Gasteiger partial charge in [-0.05, 0) is 29.8 Å². The van der Waals surface area contributed by atoms with Gasteiger partial charge in [0.1, 0.15) is 6.54 Å². The molecule has 2 aliphatic heterocycles. The van der Waals surface area contributed by atoms with E-state index in [9.17, 15) is 13.2 Å². The SMILES string of the molecule is CC1=[N+](Cc2ccc(C(F)(F)F)cc2)CCc2cc3c(cc21)OCO3.[Cl-]. The Morgan fingerprint density at radius 1 is 1.04 bits per heavy atom. The van der Waals surface area contributed by atoms with E-state index in [0.717, 1.165) is 53.4 Å². The fourth-order valence-corrected chi connectivity index (χ4v) is 3.34. The summed E-state index contributed by atoms with van der Waals surface area (Å²) in [6.45, 7) is 3.67. The number of hydrogen-bond donors (Lipinski definition) is 0. The van der Waals surface area contributed by atoms with Crippen LogP contribution in [0, 0.1) is 0 Å². The third-order valence-corrected chi connectivity index (χ3v) is 4.77. The largest absolute Gasteiger partial charge is 1.00 e. The predicted molar refractivity (Wildman–Crippen MR) is 86.3 cm³/mol. The van der Waals surface area contributed by atoms with Gasteiger partial charge in [0, 0.05) is 24.5 Å². The zero-order valence-electron chi connectivity index (χ0n) is 14.1. The fourth-order valence-electron chi connectivity index (χ4n) is 3.34. The van der Waals surface area contributed by atoms with Crippen LogP contribution < -0.4 is 21.9 Å². The van der Waals surface area contributed by atoms with Crippen LogP contribution in [0.25, 0.3) is 0 Å². The van der Waals surface area contributed by atoms with Crippen LogP contribution in [0.3, 0.4) is 0 Å². The van der Waals surface area contributed by atoms with E-state index in [2.05, 4.69) is 4.58 Å². The molecule has 2 heterocycles. The highest BCUT2D eigenvalue weighted by molar-refractivity contribution is 5.97. The molecule has 0 saturated carbocycles. The smallest absolute Gasteiger partial charge is 0.416 e. The lowest BCUT2D eigenvalue weighted by Crippen LogP contribution is -3.00. The van der Waals surface area contributed by atoms with Crippen molar-refractivity contribution in [3.8, 4) is 11.5 Å². The van der Waals surface area contributed by atoms with Crippen LogP contribution in [-0.4, -0.2) is 23.6 Å². The fraction of sp³-hybridized carbons (Fsp3) is 0.316. The zero-order valence-corrected chi connectivity index (χ0v) is 14.8. The van der Waals surface area contributed by atoms with Crippen LogP contribution in [0.15, 0.2) is 36.4 Å². The van der Waals surface area contributed by atoms with E-state index in [1.807, 2.05) is 19.1 Å². The number of rotatable bonds is 2. The Morgan fingerprint density at radius 2 is 1.69 bits per heavy atom. The second-order valence-corrected chi connectivity index (χ2v) is 6.31. The Labute approximate surface area is 155 Å². The van der Waals surface area contributed by atoms with Crippen LogP contribution in [-0.2, 0) is 19.1 Å². The normalized spacial score (nSPS) is 15.5. The Hall–Kier alpha value is -2.21. The molecule has 0 bridgehead atoms. The van der Waals surface area contributed by atoms with Crippen molar-refractivity contribution < 1.29 is 39.6 Å². The third kappa shape index (κ3) is 3.38. The molecule has 0 atom stereocenters. The van der Waals surface area contributed by atoms with Crippen molar-refractivity contribution >= 4 is 5.71 Å². The number of alkyl halides is 3. The molecule has 0 aromatic heterocycles. The summed E-state index contributed by atoms with van der Waals surface area (Å²) in [5.74, 6) is 1.53. The molecule has 7 heteroatoms. The van der Waals surface area contributed by atoms with Gasteiger partial charge in [-0.2, -0.15) is 13.2 Å². The Bertz CT molecular complexity index is 860. The maximum Gasteiger partial charge on any atom is 0.416 e. The van der Waals surface area contributed by atoms with Gasteiger partial charge in [0.15, 0.2) is 23.8 Å². The van der Waals surface area contributed by atoms with E-state index >= 15 is 0 Å². The molecule has 2 aromatic carbocycles. The summed E-state index contributed by atoms with van der Waals surface area (Å²) in [6, 6.07) is 9.39. The molecule has 2 aliphatic rings. The van der Waals surface area contributed by atoms with Gasteiger partial charge in [-0.3, -0.25) is 0 Å². The number of nitrogens with zero attached hydrogens (tertiary/aromatic N) is 1. The van der Waals surface area contributed by atoms with Crippen molar-refractivity contribution in [1.29, 1.82) is 0 Å². The minimum Gasteiger partial charge on any atom is -1.00 e. The molecule has 0 radical (unpaired) electrons. The van der Waals surface area contributed by atoms with Crippen molar-refractivity contribution in [3.05, 3.63) is 58.7 Å². The molecule has 0 N–H and O–H groups in total. The molecular weight excluding hydrogens is 367 g/mol. The van der Waals surface area contributed by atoms with E-state index in [0.29, 0.717) is 6.54 Å². The maximum absolute atomic E-state index is 12.7. The average Bonchev–Trinajstić information content (AvgIpc) is 3.03. The summed E-state index contributed by atoms with van der Waals surface area (Å²) in [4.78, 5) is 0. The molecule has 0 unspecified atom stereocenters. The van der Waals surface area contributed by atoms with E-state index in [4.69, 9.17) is 9.47 Å². The van der Waals surface area contributed by atoms with Crippen molar-refractivity contribution in [2.24, 2.45) is 0 Å². The number of benzene rings is 2. The molecule has 0 spiro atoms. The molecule has 3 nitrogen and oxygen atoms in total.